The summed E-state index contributed by atoms with van der Waals surface area (Å²) in [6.45, 7) is 1.36. The molecule has 7 nitrogen and oxygen atoms in total. The van der Waals surface area contributed by atoms with E-state index in [1.807, 2.05) is 30.3 Å². The summed E-state index contributed by atoms with van der Waals surface area (Å²) in [6.07, 6.45) is 1.33. The molecule has 0 saturated carbocycles. The van der Waals surface area contributed by atoms with Crippen molar-refractivity contribution < 1.29 is 18.0 Å². The van der Waals surface area contributed by atoms with Gasteiger partial charge in [-0.15, -0.1) is 0 Å². The molecule has 2 aliphatic heterocycles. The lowest BCUT2D eigenvalue weighted by Gasteiger charge is -2.33. The molecule has 2 fully saturated rings. The number of nitrogens with one attached hydrogen (secondary N) is 1. The van der Waals surface area contributed by atoms with Crippen molar-refractivity contribution in [1.29, 1.82) is 0 Å². The Balaban J connectivity index is 1.32. The highest BCUT2D eigenvalue weighted by Gasteiger charge is 2.38. The van der Waals surface area contributed by atoms with E-state index in [1.54, 1.807) is 40.1 Å². The molecule has 0 unspecified atom stereocenters. The minimum absolute atomic E-state index is 0.0221. The molecular weight excluding hydrogens is 402 g/mol. The zero-order chi connectivity index (χ0) is 21.1. The Morgan fingerprint density at radius 2 is 1.53 bits per heavy atom. The Morgan fingerprint density at radius 1 is 0.933 bits per heavy atom. The second kappa shape index (κ2) is 8.57. The van der Waals surface area contributed by atoms with Crippen LogP contribution in [0.1, 0.15) is 19.3 Å². The quantitative estimate of drug-likeness (QED) is 0.791. The van der Waals surface area contributed by atoms with E-state index >= 15 is 0 Å². The molecule has 30 heavy (non-hydrogen) atoms. The first-order chi connectivity index (χ1) is 14.4. The number of amides is 2. The van der Waals surface area contributed by atoms with Gasteiger partial charge in [0, 0.05) is 37.8 Å². The van der Waals surface area contributed by atoms with Crippen molar-refractivity contribution in [3.63, 3.8) is 0 Å². The van der Waals surface area contributed by atoms with Crippen molar-refractivity contribution in [2.75, 3.05) is 24.5 Å². The molecule has 0 aliphatic carbocycles. The highest BCUT2D eigenvalue weighted by atomic mass is 32.2. The van der Waals surface area contributed by atoms with Crippen LogP contribution >= 0.6 is 0 Å². The third-order valence-corrected chi connectivity index (χ3v) is 7.26. The first-order valence-electron chi connectivity index (χ1n) is 10.2. The van der Waals surface area contributed by atoms with Gasteiger partial charge in [-0.25, -0.2) is 13.1 Å². The van der Waals surface area contributed by atoms with Crippen molar-refractivity contribution in [3.05, 3.63) is 60.7 Å². The zero-order valence-corrected chi connectivity index (χ0v) is 17.4. The van der Waals surface area contributed by atoms with Gasteiger partial charge in [0.2, 0.25) is 21.8 Å². The number of benzene rings is 2. The van der Waals surface area contributed by atoms with Gasteiger partial charge < -0.3 is 9.80 Å². The number of likely N-dealkylation sites (tertiary alicyclic amines) is 1. The van der Waals surface area contributed by atoms with Crippen LogP contribution in [0.4, 0.5) is 5.69 Å². The van der Waals surface area contributed by atoms with Gasteiger partial charge in [-0.1, -0.05) is 36.4 Å². The normalized spacial score (nSPS) is 20.5. The number of para-hydroxylation sites is 1. The topological polar surface area (TPSA) is 86.8 Å². The van der Waals surface area contributed by atoms with Crippen molar-refractivity contribution in [2.24, 2.45) is 5.92 Å². The second-order valence-corrected chi connectivity index (χ2v) is 9.49. The molecule has 0 radical (unpaired) electrons. The molecule has 2 amide bonds. The van der Waals surface area contributed by atoms with Gasteiger partial charge >= 0.3 is 0 Å². The Morgan fingerprint density at radius 3 is 2.17 bits per heavy atom. The van der Waals surface area contributed by atoms with Crippen LogP contribution in [0.25, 0.3) is 0 Å². The number of carbonyl (C=O) groups is 2. The fourth-order valence-electron chi connectivity index (χ4n) is 4.09. The van der Waals surface area contributed by atoms with Crippen LogP contribution in [0.3, 0.4) is 0 Å². The van der Waals surface area contributed by atoms with Gasteiger partial charge in [0.1, 0.15) is 0 Å². The fourth-order valence-corrected chi connectivity index (χ4v) is 5.42. The fraction of sp³-hybridized carbons (Fsp3) is 0.364. The molecule has 0 aromatic heterocycles. The number of rotatable bonds is 5. The van der Waals surface area contributed by atoms with E-state index in [-0.39, 0.29) is 35.1 Å². The average molecular weight is 428 g/mol. The monoisotopic (exact) mass is 427 g/mol. The van der Waals surface area contributed by atoms with Gasteiger partial charge in [0.05, 0.1) is 10.8 Å². The van der Waals surface area contributed by atoms with Crippen LogP contribution in [-0.4, -0.2) is 50.8 Å². The Bertz CT molecular complexity index is 1000. The lowest BCUT2D eigenvalue weighted by molar-refractivity contribution is -0.136. The summed E-state index contributed by atoms with van der Waals surface area (Å²) in [6, 6.07) is 17.5. The SMILES string of the molecule is O=C([C@H]1CC(=O)N(c2ccccc2)C1)N1CCC(NS(=O)(=O)c2ccccc2)CC1. The maximum atomic E-state index is 12.9. The number of sulfonamides is 1. The second-order valence-electron chi connectivity index (χ2n) is 7.77. The molecule has 4 rings (SSSR count). The molecule has 8 heteroatoms. The van der Waals surface area contributed by atoms with Crippen molar-refractivity contribution >= 4 is 27.5 Å². The highest BCUT2D eigenvalue weighted by molar-refractivity contribution is 7.89. The standard InChI is InChI=1S/C22H25N3O4S/c26-21-15-17(16-25(21)19-7-3-1-4-8-19)22(27)24-13-11-18(12-14-24)23-30(28,29)20-9-5-2-6-10-20/h1-10,17-18,23H,11-16H2/t17-/m0/s1. The summed E-state index contributed by atoms with van der Waals surface area (Å²) >= 11 is 0. The molecule has 2 heterocycles. The van der Waals surface area contributed by atoms with E-state index in [2.05, 4.69) is 4.72 Å². The lowest BCUT2D eigenvalue weighted by Crippen LogP contribution is -2.48. The third-order valence-electron chi connectivity index (χ3n) is 5.72. The van der Waals surface area contributed by atoms with Crippen molar-refractivity contribution in [2.45, 2.75) is 30.2 Å². The van der Waals surface area contributed by atoms with Crippen LogP contribution in [-0.2, 0) is 19.6 Å². The van der Waals surface area contributed by atoms with Crippen molar-refractivity contribution in [3.8, 4) is 0 Å². The van der Waals surface area contributed by atoms with Crippen molar-refractivity contribution in [1.82, 2.24) is 9.62 Å². The largest absolute Gasteiger partial charge is 0.342 e. The molecule has 2 saturated heterocycles. The van der Waals surface area contributed by atoms with Gasteiger partial charge in [0.25, 0.3) is 0 Å². The zero-order valence-electron chi connectivity index (χ0n) is 16.6. The van der Waals surface area contributed by atoms with Gasteiger partial charge in [0.15, 0.2) is 0 Å². The molecule has 0 bridgehead atoms. The van der Waals surface area contributed by atoms with Gasteiger partial charge in [-0.3, -0.25) is 9.59 Å². The Hall–Kier alpha value is -2.71. The summed E-state index contributed by atoms with van der Waals surface area (Å²) in [5.41, 5.74) is 0.812. The van der Waals surface area contributed by atoms with Crippen LogP contribution in [0.2, 0.25) is 0 Å². The van der Waals surface area contributed by atoms with E-state index < -0.39 is 10.0 Å². The molecule has 1 N–H and O–H groups in total. The highest BCUT2D eigenvalue weighted by Crippen LogP contribution is 2.27. The molecule has 2 aromatic carbocycles. The van der Waals surface area contributed by atoms with E-state index in [9.17, 15) is 18.0 Å². The van der Waals surface area contributed by atoms with E-state index in [0.717, 1.165) is 5.69 Å². The predicted molar refractivity (Wildman–Crippen MR) is 113 cm³/mol. The minimum atomic E-state index is -3.56. The van der Waals surface area contributed by atoms with Crippen LogP contribution in [0.15, 0.2) is 65.6 Å². The van der Waals surface area contributed by atoms with E-state index in [4.69, 9.17) is 0 Å². The first-order valence-corrected chi connectivity index (χ1v) is 11.6. The Kier molecular flexibility index (Phi) is 5.87. The van der Waals surface area contributed by atoms with Crippen LogP contribution in [0.5, 0.6) is 0 Å². The van der Waals surface area contributed by atoms with Crippen LogP contribution < -0.4 is 9.62 Å². The minimum Gasteiger partial charge on any atom is -0.342 e. The number of anilines is 1. The molecular formula is C22H25N3O4S. The average Bonchev–Trinajstić information content (AvgIpc) is 3.16. The van der Waals surface area contributed by atoms with Gasteiger partial charge in [-0.05, 0) is 37.1 Å². The maximum Gasteiger partial charge on any atom is 0.240 e. The Labute approximate surface area is 176 Å². The summed E-state index contributed by atoms with van der Waals surface area (Å²) in [5, 5.41) is 0. The maximum absolute atomic E-state index is 12.9. The molecule has 2 aliphatic rings. The molecule has 0 spiro atoms. The van der Waals surface area contributed by atoms with E-state index in [1.165, 1.54) is 0 Å². The molecule has 2 aromatic rings. The van der Waals surface area contributed by atoms with Crippen LogP contribution in [0, 0.1) is 5.92 Å². The number of hydrogen-bond acceptors (Lipinski definition) is 4. The predicted octanol–water partition coefficient (Wildman–Crippen LogP) is 2.01. The number of piperidine rings is 1. The number of carbonyl (C=O) groups excluding carboxylic acids is 2. The van der Waals surface area contributed by atoms with E-state index in [0.29, 0.717) is 32.5 Å². The summed E-state index contributed by atoms with van der Waals surface area (Å²) < 4.78 is 27.7. The summed E-state index contributed by atoms with van der Waals surface area (Å²) in [5.74, 6) is -0.411. The molecule has 1 atom stereocenters. The van der Waals surface area contributed by atoms with Gasteiger partial charge in [-0.2, -0.15) is 0 Å². The molecule has 158 valence electrons. The summed E-state index contributed by atoms with van der Waals surface area (Å²) in [7, 11) is -3.56. The third kappa shape index (κ3) is 4.39. The smallest absolute Gasteiger partial charge is 0.240 e. The lowest BCUT2D eigenvalue weighted by atomic mass is 10.0. The first kappa shape index (κ1) is 20.6. The summed E-state index contributed by atoms with van der Waals surface area (Å²) in [4.78, 5) is 29.0. The number of nitrogens with zero attached hydrogens (tertiary/aromatic N) is 2. The number of hydrogen-bond donors (Lipinski definition) is 1.